The molecule has 1 amide bonds. The van der Waals surface area contributed by atoms with E-state index in [1.807, 2.05) is 17.9 Å². The van der Waals surface area contributed by atoms with Gasteiger partial charge in [0.1, 0.15) is 5.82 Å². The van der Waals surface area contributed by atoms with Crippen LogP contribution in [0.15, 0.2) is 11.4 Å². The first-order chi connectivity index (χ1) is 12.2. The van der Waals surface area contributed by atoms with Crippen LogP contribution in [0.3, 0.4) is 0 Å². The van der Waals surface area contributed by atoms with Crippen LogP contribution in [-0.4, -0.2) is 58.2 Å². The van der Waals surface area contributed by atoms with Gasteiger partial charge in [-0.05, 0) is 26.0 Å². The number of aromatic nitrogens is 4. The van der Waals surface area contributed by atoms with Crippen molar-refractivity contribution in [3.63, 3.8) is 0 Å². The smallest absolute Gasteiger partial charge is 0.223 e. The van der Waals surface area contributed by atoms with Crippen LogP contribution >= 0.6 is 11.8 Å². The summed E-state index contributed by atoms with van der Waals surface area (Å²) in [5.41, 5.74) is 0.777. The van der Waals surface area contributed by atoms with Crippen molar-refractivity contribution in [2.24, 2.45) is 5.92 Å². The van der Waals surface area contributed by atoms with Crippen molar-refractivity contribution in [2.45, 2.75) is 31.5 Å². The first-order valence-electron chi connectivity index (χ1n) is 8.59. The third kappa shape index (κ3) is 4.60. The summed E-state index contributed by atoms with van der Waals surface area (Å²) in [6.07, 6.45) is 5.74. The summed E-state index contributed by atoms with van der Waals surface area (Å²) < 4.78 is 7.17. The third-order valence-corrected chi connectivity index (χ3v) is 4.52. The second-order valence-corrected chi connectivity index (χ2v) is 6.63. The van der Waals surface area contributed by atoms with Gasteiger partial charge < -0.3 is 15.4 Å². The van der Waals surface area contributed by atoms with Crippen LogP contribution in [-0.2, 0) is 16.1 Å². The standard InChI is InChI=1S/C16H24N6O2S/c1-3-24-9-7-17-13-12-10-19-22(14(12)21-16(20-13)25-2)8-6-18-15(23)11-4-5-11/h10-11H,3-9H2,1-2H3,(H,18,23)(H,17,20,21). The van der Waals surface area contributed by atoms with Gasteiger partial charge in [0.05, 0.1) is 24.7 Å². The van der Waals surface area contributed by atoms with E-state index in [9.17, 15) is 4.79 Å². The highest BCUT2D eigenvalue weighted by atomic mass is 32.2. The van der Waals surface area contributed by atoms with Crippen molar-refractivity contribution in [1.82, 2.24) is 25.1 Å². The van der Waals surface area contributed by atoms with Crippen molar-refractivity contribution in [1.29, 1.82) is 0 Å². The van der Waals surface area contributed by atoms with Crippen LogP contribution in [0.5, 0.6) is 0 Å². The number of anilines is 1. The van der Waals surface area contributed by atoms with Gasteiger partial charge in [0.25, 0.3) is 0 Å². The molecule has 2 heterocycles. The van der Waals surface area contributed by atoms with E-state index < -0.39 is 0 Å². The number of nitrogens with zero attached hydrogens (tertiary/aromatic N) is 4. The lowest BCUT2D eigenvalue weighted by molar-refractivity contribution is -0.122. The van der Waals surface area contributed by atoms with Crippen LogP contribution in [0.2, 0.25) is 0 Å². The van der Waals surface area contributed by atoms with E-state index in [2.05, 4.69) is 25.7 Å². The lowest BCUT2D eigenvalue weighted by Gasteiger charge is -2.09. The van der Waals surface area contributed by atoms with Crippen LogP contribution in [0.4, 0.5) is 5.82 Å². The van der Waals surface area contributed by atoms with Crippen LogP contribution in [0.25, 0.3) is 11.0 Å². The Kier molecular flexibility index (Phi) is 6.09. The molecule has 0 aliphatic heterocycles. The second-order valence-electron chi connectivity index (χ2n) is 5.85. The summed E-state index contributed by atoms with van der Waals surface area (Å²) in [6, 6.07) is 0. The molecule has 2 aromatic heterocycles. The molecule has 2 N–H and O–H groups in total. The van der Waals surface area contributed by atoms with E-state index in [0.29, 0.717) is 38.0 Å². The number of hydrogen-bond donors (Lipinski definition) is 2. The van der Waals surface area contributed by atoms with E-state index in [1.165, 1.54) is 11.8 Å². The van der Waals surface area contributed by atoms with Crippen molar-refractivity contribution < 1.29 is 9.53 Å². The fraction of sp³-hybridized carbons (Fsp3) is 0.625. The Bertz CT molecular complexity index is 731. The highest BCUT2D eigenvalue weighted by Gasteiger charge is 2.29. The monoisotopic (exact) mass is 364 g/mol. The van der Waals surface area contributed by atoms with Gasteiger partial charge in [0.2, 0.25) is 5.91 Å². The van der Waals surface area contributed by atoms with Gasteiger partial charge >= 0.3 is 0 Å². The molecule has 136 valence electrons. The average Bonchev–Trinajstić information content (AvgIpc) is 3.40. The number of nitrogens with one attached hydrogen (secondary N) is 2. The minimum absolute atomic E-state index is 0.147. The van der Waals surface area contributed by atoms with Crippen LogP contribution in [0, 0.1) is 5.92 Å². The van der Waals surface area contributed by atoms with Gasteiger partial charge in [-0.25, -0.2) is 14.6 Å². The molecule has 9 heteroatoms. The number of rotatable bonds is 10. The molecule has 0 atom stereocenters. The predicted molar refractivity (Wildman–Crippen MR) is 97.8 cm³/mol. The SMILES string of the molecule is CCOCCNc1nc(SC)nc2c1cnn2CCNC(=O)C1CC1. The molecule has 0 aromatic carbocycles. The minimum Gasteiger partial charge on any atom is -0.380 e. The Morgan fingerprint density at radius 2 is 2.24 bits per heavy atom. The molecular weight excluding hydrogens is 340 g/mol. The molecule has 0 unspecified atom stereocenters. The first kappa shape index (κ1) is 17.9. The molecular formula is C16H24N6O2S. The third-order valence-electron chi connectivity index (χ3n) is 3.97. The lowest BCUT2D eigenvalue weighted by Crippen LogP contribution is -2.28. The number of thioether (sulfide) groups is 1. The number of carbonyl (C=O) groups is 1. The van der Waals surface area contributed by atoms with Crippen molar-refractivity contribution in [3.05, 3.63) is 6.20 Å². The van der Waals surface area contributed by atoms with E-state index in [-0.39, 0.29) is 11.8 Å². The number of amides is 1. The molecule has 1 aliphatic rings. The van der Waals surface area contributed by atoms with Gasteiger partial charge in [-0.15, -0.1) is 0 Å². The molecule has 1 fully saturated rings. The molecule has 25 heavy (non-hydrogen) atoms. The molecule has 3 rings (SSSR count). The van der Waals surface area contributed by atoms with Gasteiger partial charge in [0, 0.05) is 25.6 Å². The van der Waals surface area contributed by atoms with E-state index >= 15 is 0 Å². The predicted octanol–water partition coefficient (Wildman–Crippen LogP) is 1.52. The van der Waals surface area contributed by atoms with Crippen LogP contribution < -0.4 is 10.6 Å². The average molecular weight is 364 g/mol. The van der Waals surface area contributed by atoms with Crippen molar-refractivity contribution in [3.8, 4) is 0 Å². The second kappa shape index (κ2) is 8.48. The van der Waals surface area contributed by atoms with Crippen molar-refractivity contribution >= 4 is 34.5 Å². The molecule has 1 aliphatic carbocycles. The molecule has 0 bridgehead atoms. The molecule has 2 aromatic rings. The number of carbonyl (C=O) groups excluding carboxylic acids is 1. The number of fused-ring (bicyclic) bond motifs is 1. The maximum atomic E-state index is 11.7. The Hall–Kier alpha value is -1.87. The van der Waals surface area contributed by atoms with E-state index in [4.69, 9.17) is 4.74 Å². The fourth-order valence-corrected chi connectivity index (χ4v) is 2.85. The van der Waals surface area contributed by atoms with Gasteiger partial charge in [-0.2, -0.15) is 5.10 Å². The zero-order valence-electron chi connectivity index (χ0n) is 14.6. The fourth-order valence-electron chi connectivity index (χ4n) is 2.49. The van der Waals surface area contributed by atoms with Gasteiger partial charge in [-0.3, -0.25) is 4.79 Å². The summed E-state index contributed by atoms with van der Waals surface area (Å²) >= 11 is 1.49. The molecule has 0 saturated heterocycles. The van der Waals surface area contributed by atoms with Crippen LogP contribution in [0.1, 0.15) is 19.8 Å². The van der Waals surface area contributed by atoms with Crippen molar-refractivity contribution in [2.75, 3.05) is 37.9 Å². The summed E-state index contributed by atoms with van der Waals surface area (Å²) in [4.78, 5) is 20.8. The van der Waals surface area contributed by atoms with Gasteiger partial charge in [-0.1, -0.05) is 11.8 Å². The first-order valence-corrected chi connectivity index (χ1v) is 9.82. The number of hydrogen-bond acceptors (Lipinski definition) is 7. The van der Waals surface area contributed by atoms with Gasteiger partial charge in [0.15, 0.2) is 10.8 Å². The minimum atomic E-state index is 0.147. The summed E-state index contributed by atoms with van der Waals surface area (Å²) in [5.74, 6) is 1.14. The Morgan fingerprint density at radius 3 is 2.96 bits per heavy atom. The Morgan fingerprint density at radius 1 is 1.40 bits per heavy atom. The molecule has 8 nitrogen and oxygen atoms in total. The zero-order chi connectivity index (χ0) is 17.6. The summed E-state index contributed by atoms with van der Waals surface area (Å²) in [6.45, 7) is 5.11. The molecule has 1 saturated carbocycles. The quantitative estimate of drug-likeness (QED) is 0.375. The Balaban J connectivity index is 1.69. The molecule has 0 spiro atoms. The largest absolute Gasteiger partial charge is 0.380 e. The maximum absolute atomic E-state index is 11.7. The zero-order valence-corrected chi connectivity index (χ0v) is 15.4. The van der Waals surface area contributed by atoms with E-state index in [0.717, 1.165) is 29.7 Å². The molecule has 0 radical (unpaired) electrons. The summed E-state index contributed by atoms with van der Waals surface area (Å²) in [7, 11) is 0. The normalized spacial score (nSPS) is 14.0. The highest BCUT2D eigenvalue weighted by molar-refractivity contribution is 7.98. The lowest BCUT2D eigenvalue weighted by atomic mass is 10.4. The maximum Gasteiger partial charge on any atom is 0.223 e. The Labute approximate surface area is 151 Å². The van der Waals surface area contributed by atoms with E-state index in [1.54, 1.807) is 6.20 Å². The summed E-state index contributed by atoms with van der Waals surface area (Å²) in [5, 5.41) is 12.2. The topological polar surface area (TPSA) is 94.0 Å². The number of ether oxygens (including phenoxy) is 1. The highest BCUT2D eigenvalue weighted by Crippen LogP contribution is 2.28.